The highest BCUT2D eigenvalue weighted by Crippen LogP contribution is 2.16. The van der Waals surface area contributed by atoms with Gasteiger partial charge in [0.25, 0.3) is 0 Å². The smallest absolute Gasteiger partial charge is 0.140 e. The minimum Gasteiger partial charge on any atom is -0.236 e. The molecular weight excluding hydrogens is 160 g/mol. The normalized spacial score (nSPS) is 9.18. The molecule has 2 nitrogen and oxygen atoms in total. The molecule has 0 aliphatic heterocycles. The highest BCUT2D eigenvalue weighted by atomic mass is 35.5. The van der Waals surface area contributed by atoms with Crippen LogP contribution in [0.2, 0.25) is 5.15 Å². The first-order chi connectivity index (χ1) is 5.29. The van der Waals surface area contributed by atoms with Gasteiger partial charge in [-0.2, -0.15) is 0 Å². The van der Waals surface area contributed by atoms with Crippen molar-refractivity contribution >= 4 is 23.8 Å². The van der Waals surface area contributed by atoms with Crippen molar-refractivity contribution in [1.82, 2.24) is 9.97 Å². The summed E-state index contributed by atoms with van der Waals surface area (Å²) >= 11 is 5.74. The van der Waals surface area contributed by atoms with Crippen LogP contribution in [0, 0.1) is 0 Å². The van der Waals surface area contributed by atoms with E-state index in [9.17, 15) is 0 Å². The molecule has 0 saturated carbocycles. The van der Waals surface area contributed by atoms with E-state index in [2.05, 4.69) is 23.1 Å². The van der Waals surface area contributed by atoms with Crippen molar-refractivity contribution in [2.24, 2.45) is 0 Å². The van der Waals surface area contributed by atoms with Gasteiger partial charge >= 0.3 is 0 Å². The fourth-order valence-corrected chi connectivity index (χ4v) is 0.956. The van der Waals surface area contributed by atoms with Crippen LogP contribution in [0.5, 0.6) is 0 Å². The van der Waals surface area contributed by atoms with Crippen LogP contribution in [0.1, 0.15) is 11.3 Å². The zero-order valence-electron chi connectivity index (χ0n) is 5.92. The molecule has 56 valence electrons. The van der Waals surface area contributed by atoms with E-state index < -0.39 is 0 Å². The average Bonchev–Trinajstić information content (AvgIpc) is 2.04. The van der Waals surface area contributed by atoms with Crippen LogP contribution >= 0.6 is 11.6 Å². The Kier molecular flexibility index (Phi) is 2.39. The molecule has 0 radical (unpaired) electrons. The molecule has 0 bridgehead atoms. The Bertz CT molecular complexity index is 294. The Morgan fingerprint density at radius 2 is 2.00 bits per heavy atom. The van der Waals surface area contributed by atoms with Gasteiger partial charge in [0.05, 0.1) is 5.69 Å². The minimum atomic E-state index is 0.407. The molecule has 0 aliphatic carbocycles. The van der Waals surface area contributed by atoms with E-state index in [0.29, 0.717) is 10.8 Å². The first kappa shape index (κ1) is 7.95. The molecule has 11 heavy (non-hydrogen) atoms. The van der Waals surface area contributed by atoms with Gasteiger partial charge in [-0.1, -0.05) is 30.8 Å². The first-order valence-corrected chi connectivity index (χ1v) is 3.42. The van der Waals surface area contributed by atoms with Gasteiger partial charge in [-0.15, -0.1) is 0 Å². The van der Waals surface area contributed by atoms with Gasteiger partial charge < -0.3 is 0 Å². The molecule has 0 unspecified atom stereocenters. The summed E-state index contributed by atoms with van der Waals surface area (Å²) in [5.74, 6) is 0. The summed E-state index contributed by atoms with van der Waals surface area (Å²) in [6, 6.07) is 0. The summed E-state index contributed by atoms with van der Waals surface area (Å²) in [5, 5.41) is 0.407. The second kappa shape index (κ2) is 3.30. The van der Waals surface area contributed by atoms with Gasteiger partial charge in [0.2, 0.25) is 0 Å². The molecule has 0 atom stereocenters. The molecule has 1 rings (SSSR count). The van der Waals surface area contributed by atoms with Gasteiger partial charge in [-0.05, 0) is 6.08 Å². The summed E-state index contributed by atoms with van der Waals surface area (Å²) in [6.07, 6.45) is 4.62. The van der Waals surface area contributed by atoms with Crippen molar-refractivity contribution in [2.45, 2.75) is 0 Å². The lowest BCUT2D eigenvalue weighted by Gasteiger charge is -1.98. The largest absolute Gasteiger partial charge is 0.236 e. The summed E-state index contributed by atoms with van der Waals surface area (Å²) in [6.45, 7) is 7.17. The Morgan fingerprint density at radius 1 is 1.27 bits per heavy atom. The van der Waals surface area contributed by atoms with Gasteiger partial charge in [-0.25, -0.2) is 9.97 Å². The van der Waals surface area contributed by atoms with E-state index in [1.54, 1.807) is 12.2 Å². The highest BCUT2D eigenvalue weighted by Gasteiger charge is 2.01. The minimum absolute atomic E-state index is 0.407. The lowest BCUT2D eigenvalue weighted by molar-refractivity contribution is 1.14. The Morgan fingerprint density at radius 3 is 2.45 bits per heavy atom. The molecule has 0 saturated heterocycles. The maximum atomic E-state index is 5.74. The number of nitrogens with zero attached hydrogens (tertiary/aromatic N) is 2. The van der Waals surface area contributed by atoms with E-state index in [4.69, 9.17) is 11.6 Å². The van der Waals surface area contributed by atoms with Crippen molar-refractivity contribution in [3.63, 3.8) is 0 Å². The third-order valence-electron chi connectivity index (χ3n) is 1.26. The molecule has 1 heterocycles. The Labute approximate surface area is 70.3 Å². The second-order valence-corrected chi connectivity index (χ2v) is 2.23. The Hall–Kier alpha value is -1.15. The zero-order valence-corrected chi connectivity index (χ0v) is 6.67. The van der Waals surface area contributed by atoms with Crippen molar-refractivity contribution in [3.8, 4) is 0 Å². The van der Waals surface area contributed by atoms with Crippen LogP contribution in [-0.2, 0) is 0 Å². The van der Waals surface area contributed by atoms with Gasteiger partial charge in [0.1, 0.15) is 11.5 Å². The SMILES string of the molecule is C=Cc1ncnc(Cl)c1C=C. The molecule has 0 fully saturated rings. The van der Waals surface area contributed by atoms with E-state index in [1.165, 1.54) is 6.33 Å². The quantitative estimate of drug-likeness (QED) is 0.631. The fraction of sp³-hybridized carbons (Fsp3) is 0. The van der Waals surface area contributed by atoms with E-state index in [0.717, 1.165) is 5.56 Å². The van der Waals surface area contributed by atoms with E-state index in [-0.39, 0.29) is 0 Å². The number of hydrogen-bond acceptors (Lipinski definition) is 2. The van der Waals surface area contributed by atoms with Crippen molar-refractivity contribution in [2.75, 3.05) is 0 Å². The van der Waals surface area contributed by atoms with Gasteiger partial charge in [0, 0.05) is 5.56 Å². The molecular formula is C8H7ClN2. The standard InChI is InChI=1S/C8H7ClN2/c1-3-6-7(4-2)10-5-11-8(6)9/h3-5H,1-2H2. The number of halogens is 1. The average molecular weight is 167 g/mol. The summed E-state index contributed by atoms with van der Waals surface area (Å²) in [5.41, 5.74) is 1.43. The predicted molar refractivity (Wildman–Crippen MR) is 47.2 cm³/mol. The van der Waals surface area contributed by atoms with Crippen LogP contribution in [0.15, 0.2) is 19.5 Å². The summed E-state index contributed by atoms with van der Waals surface area (Å²) in [4.78, 5) is 7.74. The topological polar surface area (TPSA) is 25.8 Å². The molecule has 0 amide bonds. The third-order valence-corrected chi connectivity index (χ3v) is 1.56. The maximum Gasteiger partial charge on any atom is 0.140 e. The van der Waals surface area contributed by atoms with Crippen LogP contribution in [-0.4, -0.2) is 9.97 Å². The number of hydrogen-bond donors (Lipinski definition) is 0. The monoisotopic (exact) mass is 166 g/mol. The van der Waals surface area contributed by atoms with Crippen molar-refractivity contribution in [1.29, 1.82) is 0 Å². The van der Waals surface area contributed by atoms with Gasteiger partial charge in [0.15, 0.2) is 0 Å². The van der Waals surface area contributed by atoms with Gasteiger partial charge in [-0.3, -0.25) is 0 Å². The van der Waals surface area contributed by atoms with Crippen LogP contribution in [0.4, 0.5) is 0 Å². The molecule has 0 aliphatic rings. The molecule has 1 aromatic heterocycles. The lowest BCUT2D eigenvalue weighted by Crippen LogP contribution is -1.89. The van der Waals surface area contributed by atoms with Crippen molar-refractivity contribution < 1.29 is 0 Å². The molecule has 0 spiro atoms. The molecule has 0 N–H and O–H groups in total. The maximum absolute atomic E-state index is 5.74. The van der Waals surface area contributed by atoms with Crippen molar-refractivity contribution in [3.05, 3.63) is 35.9 Å². The van der Waals surface area contributed by atoms with Crippen LogP contribution < -0.4 is 0 Å². The second-order valence-electron chi connectivity index (χ2n) is 1.87. The zero-order chi connectivity index (χ0) is 8.27. The Balaban J connectivity index is 3.35. The summed E-state index contributed by atoms with van der Waals surface area (Å²) in [7, 11) is 0. The first-order valence-electron chi connectivity index (χ1n) is 3.05. The van der Waals surface area contributed by atoms with E-state index >= 15 is 0 Å². The molecule has 3 heteroatoms. The van der Waals surface area contributed by atoms with E-state index in [1.807, 2.05) is 0 Å². The predicted octanol–water partition coefficient (Wildman–Crippen LogP) is 2.42. The van der Waals surface area contributed by atoms with Crippen LogP contribution in [0.3, 0.4) is 0 Å². The number of rotatable bonds is 2. The third kappa shape index (κ3) is 1.46. The summed E-state index contributed by atoms with van der Waals surface area (Å²) < 4.78 is 0. The highest BCUT2D eigenvalue weighted by molar-refractivity contribution is 6.31. The van der Waals surface area contributed by atoms with Crippen LogP contribution in [0.25, 0.3) is 12.2 Å². The fourth-order valence-electron chi connectivity index (χ4n) is 0.738. The number of aromatic nitrogens is 2. The lowest BCUT2D eigenvalue weighted by atomic mass is 10.2. The molecule has 1 aromatic rings. The molecule has 0 aromatic carbocycles.